The average Bonchev–Trinajstić information content (AvgIpc) is 2.83. The van der Waals surface area contributed by atoms with Gasteiger partial charge in [0, 0.05) is 28.9 Å². The van der Waals surface area contributed by atoms with Crippen molar-refractivity contribution in [3.05, 3.63) is 57.3 Å². The lowest BCUT2D eigenvalue weighted by Crippen LogP contribution is -2.25. The Kier molecular flexibility index (Phi) is 5.97. The van der Waals surface area contributed by atoms with Gasteiger partial charge in [-0.05, 0) is 50.3 Å². The predicted molar refractivity (Wildman–Crippen MR) is 91.1 cm³/mol. The van der Waals surface area contributed by atoms with Crippen molar-refractivity contribution in [1.82, 2.24) is 5.32 Å². The van der Waals surface area contributed by atoms with Crippen LogP contribution in [0.4, 0.5) is 0 Å². The number of aliphatic hydroxyl groups excluding tert-OH is 1. The summed E-state index contributed by atoms with van der Waals surface area (Å²) >= 11 is 1.86. The average molecular weight is 303 g/mol. The van der Waals surface area contributed by atoms with Gasteiger partial charge >= 0.3 is 0 Å². The minimum absolute atomic E-state index is 0.228. The second-order valence-electron chi connectivity index (χ2n) is 5.62. The third kappa shape index (κ3) is 4.40. The summed E-state index contributed by atoms with van der Waals surface area (Å²) in [6, 6.07) is 13.1. The lowest BCUT2D eigenvalue weighted by atomic mass is 9.95. The zero-order chi connectivity index (χ0) is 15.2. The van der Waals surface area contributed by atoms with E-state index < -0.39 is 0 Å². The molecule has 0 spiro atoms. The monoisotopic (exact) mass is 303 g/mol. The van der Waals surface area contributed by atoms with Crippen molar-refractivity contribution < 1.29 is 5.11 Å². The largest absolute Gasteiger partial charge is 0.396 e. The van der Waals surface area contributed by atoms with E-state index in [1.165, 1.54) is 20.9 Å². The molecule has 21 heavy (non-hydrogen) atoms. The highest BCUT2D eigenvalue weighted by Gasteiger charge is 2.15. The van der Waals surface area contributed by atoms with Crippen LogP contribution in [0.15, 0.2) is 36.4 Å². The van der Waals surface area contributed by atoms with E-state index in [1.807, 2.05) is 17.4 Å². The molecule has 2 aromatic rings. The first-order valence-corrected chi connectivity index (χ1v) is 8.39. The highest BCUT2D eigenvalue weighted by molar-refractivity contribution is 7.12. The molecule has 1 aromatic heterocycles. The van der Waals surface area contributed by atoms with E-state index >= 15 is 0 Å². The number of aliphatic hydroxyl groups is 1. The fourth-order valence-corrected chi connectivity index (χ4v) is 3.80. The third-order valence-corrected chi connectivity index (χ3v) is 4.95. The van der Waals surface area contributed by atoms with Crippen LogP contribution in [0.3, 0.4) is 0 Å². The van der Waals surface area contributed by atoms with Crippen LogP contribution in [0.25, 0.3) is 0 Å². The predicted octanol–water partition coefficient (Wildman–Crippen LogP) is 4.18. The van der Waals surface area contributed by atoms with Gasteiger partial charge in [0.15, 0.2) is 0 Å². The van der Waals surface area contributed by atoms with Gasteiger partial charge in [0.2, 0.25) is 0 Å². The molecule has 0 aliphatic heterocycles. The number of hydrogen-bond acceptors (Lipinski definition) is 3. The zero-order valence-electron chi connectivity index (χ0n) is 13.1. The number of aryl methyl sites for hydroxylation is 2. The van der Waals surface area contributed by atoms with E-state index in [-0.39, 0.29) is 6.61 Å². The molecule has 0 saturated carbocycles. The van der Waals surface area contributed by atoms with Gasteiger partial charge in [-0.3, -0.25) is 0 Å². The molecule has 2 nitrogen and oxygen atoms in total. The minimum atomic E-state index is 0.228. The van der Waals surface area contributed by atoms with E-state index in [2.05, 4.69) is 56.4 Å². The fourth-order valence-electron chi connectivity index (χ4n) is 2.78. The Morgan fingerprint density at radius 2 is 1.90 bits per heavy atom. The maximum absolute atomic E-state index is 9.30. The summed E-state index contributed by atoms with van der Waals surface area (Å²) in [5.41, 5.74) is 2.69. The van der Waals surface area contributed by atoms with Crippen LogP contribution in [-0.2, 0) is 0 Å². The van der Waals surface area contributed by atoms with Crippen molar-refractivity contribution in [2.45, 2.75) is 39.2 Å². The highest BCUT2D eigenvalue weighted by Crippen LogP contribution is 2.27. The first-order valence-electron chi connectivity index (χ1n) is 7.58. The van der Waals surface area contributed by atoms with Crippen molar-refractivity contribution in [1.29, 1.82) is 0 Å². The van der Waals surface area contributed by atoms with Gasteiger partial charge < -0.3 is 10.4 Å². The van der Waals surface area contributed by atoms with Crippen molar-refractivity contribution >= 4 is 11.3 Å². The molecule has 0 saturated heterocycles. The van der Waals surface area contributed by atoms with E-state index in [4.69, 9.17) is 0 Å². The molecule has 1 heterocycles. The molecule has 0 aliphatic carbocycles. The van der Waals surface area contributed by atoms with Crippen LogP contribution in [-0.4, -0.2) is 18.3 Å². The Morgan fingerprint density at radius 1 is 1.19 bits per heavy atom. The first kappa shape index (κ1) is 16.2. The van der Waals surface area contributed by atoms with Gasteiger partial charge in [-0.1, -0.05) is 30.3 Å². The Labute approximate surface area is 131 Å². The third-order valence-electron chi connectivity index (χ3n) is 3.96. The SMILES string of the molecule is Cc1cc(C(C)NCC(CCO)c2ccccc2)c(C)s1. The van der Waals surface area contributed by atoms with Crippen LogP contribution in [0.2, 0.25) is 0 Å². The molecule has 2 atom stereocenters. The standard InChI is InChI=1S/C18H25NOS/c1-13-11-18(15(3)21-13)14(2)19-12-17(9-10-20)16-7-5-4-6-8-16/h4-8,11,14,17,19-20H,9-10,12H2,1-3H3. The van der Waals surface area contributed by atoms with Crippen molar-refractivity contribution in [3.63, 3.8) is 0 Å². The summed E-state index contributed by atoms with van der Waals surface area (Å²) in [5, 5.41) is 12.9. The van der Waals surface area contributed by atoms with Gasteiger partial charge in [0.1, 0.15) is 0 Å². The fraction of sp³-hybridized carbons (Fsp3) is 0.444. The summed E-state index contributed by atoms with van der Waals surface area (Å²) < 4.78 is 0. The maximum atomic E-state index is 9.30. The van der Waals surface area contributed by atoms with Crippen molar-refractivity contribution in [3.8, 4) is 0 Å². The summed E-state index contributed by atoms with van der Waals surface area (Å²) in [6.45, 7) is 7.68. The van der Waals surface area contributed by atoms with Crippen molar-refractivity contribution in [2.75, 3.05) is 13.2 Å². The van der Waals surface area contributed by atoms with Crippen LogP contribution in [0.1, 0.15) is 46.2 Å². The lowest BCUT2D eigenvalue weighted by Gasteiger charge is -2.21. The van der Waals surface area contributed by atoms with Crippen LogP contribution >= 0.6 is 11.3 Å². The van der Waals surface area contributed by atoms with E-state index in [0.29, 0.717) is 12.0 Å². The quantitative estimate of drug-likeness (QED) is 0.804. The van der Waals surface area contributed by atoms with E-state index in [0.717, 1.165) is 13.0 Å². The Hall–Kier alpha value is -1.16. The van der Waals surface area contributed by atoms with E-state index in [1.54, 1.807) is 0 Å². The highest BCUT2D eigenvalue weighted by atomic mass is 32.1. The van der Waals surface area contributed by atoms with Gasteiger partial charge in [0.25, 0.3) is 0 Å². The summed E-state index contributed by atoms with van der Waals surface area (Å²) in [6.07, 6.45) is 0.797. The van der Waals surface area contributed by atoms with Crippen LogP contribution in [0, 0.1) is 13.8 Å². The minimum Gasteiger partial charge on any atom is -0.396 e. The van der Waals surface area contributed by atoms with Gasteiger partial charge in [-0.15, -0.1) is 11.3 Å². The summed E-state index contributed by atoms with van der Waals surface area (Å²) in [5.74, 6) is 0.360. The molecule has 0 radical (unpaired) electrons. The summed E-state index contributed by atoms with van der Waals surface area (Å²) in [4.78, 5) is 2.76. The van der Waals surface area contributed by atoms with Crippen LogP contribution < -0.4 is 5.32 Å². The zero-order valence-corrected chi connectivity index (χ0v) is 13.9. The smallest absolute Gasteiger partial charge is 0.0437 e. The van der Waals surface area contributed by atoms with Gasteiger partial charge in [-0.2, -0.15) is 0 Å². The van der Waals surface area contributed by atoms with E-state index in [9.17, 15) is 5.11 Å². The molecule has 0 amide bonds. The maximum Gasteiger partial charge on any atom is 0.0437 e. The Bertz CT molecular complexity index is 550. The first-order chi connectivity index (χ1) is 10.1. The second-order valence-corrected chi connectivity index (χ2v) is 7.08. The molecule has 0 fully saturated rings. The normalized spacial score (nSPS) is 14.1. The van der Waals surface area contributed by atoms with Gasteiger partial charge in [-0.25, -0.2) is 0 Å². The van der Waals surface area contributed by atoms with Gasteiger partial charge in [0.05, 0.1) is 0 Å². The second kappa shape index (κ2) is 7.74. The molecule has 2 N–H and O–H groups in total. The number of benzene rings is 1. The molecule has 0 aliphatic rings. The topological polar surface area (TPSA) is 32.3 Å². The molecular formula is C18H25NOS. The number of rotatable bonds is 7. The molecule has 3 heteroatoms. The molecule has 114 valence electrons. The molecule has 2 unspecified atom stereocenters. The molecule has 0 bridgehead atoms. The lowest BCUT2D eigenvalue weighted by molar-refractivity contribution is 0.272. The van der Waals surface area contributed by atoms with Crippen LogP contribution in [0.5, 0.6) is 0 Å². The molecule has 2 rings (SSSR count). The number of hydrogen-bond donors (Lipinski definition) is 2. The Balaban J connectivity index is 2.00. The molecular weight excluding hydrogens is 278 g/mol. The summed E-state index contributed by atoms with van der Waals surface area (Å²) in [7, 11) is 0. The number of nitrogens with one attached hydrogen (secondary N) is 1. The Morgan fingerprint density at radius 3 is 2.48 bits per heavy atom. The van der Waals surface area contributed by atoms with Crippen molar-refractivity contribution in [2.24, 2.45) is 0 Å². The molecule has 1 aromatic carbocycles. The number of thiophene rings is 1.